The van der Waals surface area contributed by atoms with Gasteiger partial charge in [0.25, 0.3) is 5.91 Å². The van der Waals surface area contributed by atoms with Crippen LogP contribution in [0.4, 0.5) is 15.8 Å². The monoisotopic (exact) mass is 419 g/mol. The Balaban J connectivity index is 1.59. The summed E-state index contributed by atoms with van der Waals surface area (Å²) >= 11 is 0. The maximum atomic E-state index is 13.8. The fraction of sp³-hybridized carbons (Fsp3) is 0.263. The van der Waals surface area contributed by atoms with Crippen LogP contribution in [-0.2, 0) is 19.6 Å². The number of carbonyl (C=O) groups excluding carboxylic acids is 2. The summed E-state index contributed by atoms with van der Waals surface area (Å²) in [6.45, 7) is 0.0289. The van der Waals surface area contributed by atoms with Gasteiger partial charge in [0.15, 0.2) is 6.61 Å². The Kier molecular flexibility index (Phi) is 4.97. The second-order valence-electron chi connectivity index (χ2n) is 6.74. The van der Waals surface area contributed by atoms with Crippen molar-refractivity contribution in [3.05, 3.63) is 48.3 Å². The largest absolute Gasteiger partial charge is 0.482 e. The molecule has 1 unspecified atom stereocenters. The molecule has 0 spiro atoms. The first-order valence-corrected chi connectivity index (χ1v) is 10.4. The van der Waals surface area contributed by atoms with E-state index in [-0.39, 0.29) is 35.3 Å². The van der Waals surface area contributed by atoms with Gasteiger partial charge >= 0.3 is 0 Å². The first-order valence-electron chi connectivity index (χ1n) is 9.00. The van der Waals surface area contributed by atoms with E-state index in [1.54, 1.807) is 6.07 Å². The van der Waals surface area contributed by atoms with Gasteiger partial charge in [-0.3, -0.25) is 9.59 Å². The summed E-state index contributed by atoms with van der Waals surface area (Å²) < 4.78 is 46.5. The number of para-hydroxylation sites is 1. The Morgan fingerprint density at radius 2 is 2.03 bits per heavy atom. The molecule has 0 aromatic heterocycles. The molecule has 2 aliphatic heterocycles. The molecule has 2 aliphatic rings. The zero-order valence-electron chi connectivity index (χ0n) is 15.2. The van der Waals surface area contributed by atoms with Gasteiger partial charge in [-0.1, -0.05) is 12.1 Å². The van der Waals surface area contributed by atoms with Crippen LogP contribution < -0.4 is 15.4 Å². The lowest BCUT2D eigenvalue weighted by Gasteiger charge is -2.24. The quantitative estimate of drug-likeness (QED) is 0.788. The molecule has 29 heavy (non-hydrogen) atoms. The molecule has 2 aromatic carbocycles. The van der Waals surface area contributed by atoms with Crippen LogP contribution in [0.25, 0.3) is 0 Å². The number of nitrogens with zero attached hydrogens (tertiary/aromatic N) is 1. The van der Waals surface area contributed by atoms with Crippen LogP contribution in [0.1, 0.15) is 12.8 Å². The molecule has 2 N–H and O–H groups in total. The number of hydrogen-bond acceptors (Lipinski definition) is 5. The van der Waals surface area contributed by atoms with E-state index in [1.807, 2.05) is 0 Å². The van der Waals surface area contributed by atoms with Crippen LogP contribution in [-0.4, -0.2) is 43.7 Å². The number of halogens is 1. The van der Waals surface area contributed by atoms with Crippen molar-refractivity contribution < 1.29 is 27.1 Å². The minimum atomic E-state index is -4.01. The summed E-state index contributed by atoms with van der Waals surface area (Å²) in [5.74, 6) is -1.20. The minimum absolute atomic E-state index is 0.00427. The average molecular weight is 419 g/mol. The first-order chi connectivity index (χ1) is 13.9. The molecule has 0 aliphatic carbocycles. The zero-order chi connectivity index (χ0) is 20.6. The number of rotatable bonds is 4. The molecule has 2 heterocycles. The van der Waals surface area contributed by atoms with Crippen LogP contribution in [0.2, 0.25) is 0 Å². The van der Waals surface area contributed by atoms with Gasteiger partial charge in [0, 0.05) is 6.54 Å². The van der Waals surface area contributed by atoms with Crippen molar-refractivity contribution in [1.82, 2.24) is 4.31 Å². The maximum Gasteiger partial charge on any atom is 0.262 e. The third-order valence-electron chi connectivity index (χ3n) is 4.83. The van der Waals surface area contributed by atoms with Gasteiger partial charge in [0.1, 0.15) is 17.6 Å². The molecule has 1 saturated heterocycles. The molecule has 0 bridgehead atoms. The molecule has 1 fully saturated rings. The molecule has 2 aromatic rings. The van der Waals surface area contributed by atoms with E-state index < -0.39 is 27.8 Å². The summed E-state index contributed by atoms with van der Waals surface area (Å²) in [5.41, 5.74) is 0.254. The predicted molar refractivity (Wildman–Crippen MR) is 103 cm³/mol. The summed E-state index contributed by atoms with van der Waals surface area (Å²) in [5, 5.41) is 5.03. The lowest BCUT2D eigenvalue weighted by molar-refractivity contribution is -0.119. The van der Waals surface area contributed by atoms with Crippen LogP contribution in [0.15, 0.2) is 47.4 Å². The molecular weight excluding hydrogens is 401 g/mol. The smallest absolute Gasteiger partial charge is 0.262 e. The lowest BCUT2D eigenvalue weighted by Crippen LogP contribution is -2.43. The molecule has 1 atom stereocenters. The topological polar surface area (TPSA) is 105 Å². The zero-order valence-corrected chi connectivity index (χ0v) is 16.0. The molecule has 4 rings (SSSR count). The highest BCUT2D eigenvalue weighted by Gasteiger charge is 2.40. The number of fused-ring (bicyclic) bond motifs is 1. The van der Waals surface area contributed by atoms with E-state index in [2.05, 4.69) is 10.6 Å². The molecule has 0 radical (unpaired) electrons. The Bertz CT molecular complexity index is 1090. The van der Waals surface area contributed by atoms with E-state index in [0.29, 0.717) is 18.6 Å². The number of benzene rings is 2. The van der Waals surface area contributed by atoms with Gasteiger partial charge in [-0.2, -0.15) is 4.31 Å². The molecule has 10 heteroatoms. The average Bonchev–Trinajstić information content (AvgIpc) is 3.20. The van der Waals surface area contributed by atoms with Gasteiger partial charge in [0.05, 0.1) is 16.3 Å². The van der Waals surface area contributed by atoms with Crippen molar-refractivity contribution in [2.45, 2.75) is 23.8 Å². The van der Waals surface area contributed by atoms with Gasteiger partial charge in [-0.15, -0.1) is 0 Å². The van der Waals surface area contributed by atoms with Crippen molar-refractivity contribution in [2.24, 2.45) is 0 Å². The number of anilines is 2. The Hall–Kier alpha value is -2.98. The molecule has 0 saturated carbocycles. The van der Waals surface area contributed by atoms with E-state index in [0.717, 1.165) is 4.31 Å². The van der Waals surface area contributed by atoms with Crippen LogP contribution >= 0.6 is 0 Å². The Morgan fingerprint density at radius 1 is 1.24 bits per heavy atom. The Labute approximate surface area is 166 Å². The standard InChI is InChI=1S/C19H18FN3O5S/c20-13-4-1-2-5-14(13)22-19(25)16-6-3-9-23(16)29(26,27)12-7-8-17-15(10-12)21-18(24)11-28-17/h1-2,4-5,7-8,10,16H,3,6,9,11H2,(H,21,24)(H,22,25). The van der Waals surface area contributed by atoms with E-state index in [4.69, 9.17) is 4.74 Å². The molecular formula is C19H18FN3O5S. The minimum Gasteiger partial charge on any atom is -0.482 e. The summed E-state index contributed by atoms with van der Waals surface area (Å²) in [4.78, 5) is 24.1. The van der Waals surface area contributed by atoms with Crippen molar-refractivity contribution in [2.75, 3.05) is 23.8 Å². The lowest BCUT2D eigenvalue weighted by atomic mass is 10.2. The molecule has 152 valence electrons. The highest BCUT2D eigenvalue weighted by molar-refractivity contribution is 7.89. The third-order valence-corrected chi connectivity index (χ3v) is 6.73. The predicted octanol–water partition coefficient (Wildman–Crippen LogP) is 1.95. The van der Waals surface area contributed by atoms with Crippen molar-refractivity contribution in [1.29, 1.82) is 0 Å². The highest BCUT2D eigenvalue weighted by atomic mass is 32.2. The van der Waals surface area contributed by atoms with Gasteiger partial charge in [0.2, 0.25) is 15.9 Å². The number of nitrogens with one attached hydrogen (secondary N) is 2. The molecule has 2 amide bonds. The SMILES string of the molecule is O=C1COc2ccc(S(=O)(=O)N3CCCC3C(=O)Nc3ccccc3F)cc2N1. The number of hydrogen-bond donors (Lipinski definition) is 2. The third kappa shape index (κ3) is 3.68. The maximum absolute atomic E-state index is 13.8. The van der Waals surface area contributed by atoms with E-state index >= 15 is 0 Å². The van der Waals surface area contributed by atoms with Crippen molar-refractivity contribution >= 4 is 33.2 Å². The highest BCUT2D eigenvalue weighted by Crippen LogP contribution is 2.33. The van der Waals surface area contributed by atoms with Crippen molar-refractivity contribution in [3.8, 4) is 5.75 Å². The Morgan fingerprint density at radius 3 is 2.83 bits per heavy atom. The van der Waals surface area contributed by atoms with Gasteiger partial charge in [-0.25, -0.2) is 12.8 Å². The molecule has 8 nitrogen and oxygen atoms in total. The number of amides is 2. The van der Waals surface area contributed by atoms with Crippen LogP contribution in [0.3, 0.4) is 0 Å². The summed E-state index contributed by atoms with van der Waals surface area (Å²) in [6.07, 6.45) is 0.823. The van der Waals surface area contributed by atoms with E-state index in [1.165, 1.54) is 36.4 Å². The number of carbonyl (C=O) groups is 2. The number of sulfonamides is 1. The summed E-state index contributed by atoms with van der Waals surface area (Å²) in [7, 11) is -4.01. The normalized spacial score (nSPS) is 19.2. The van der Waals surface area contributed by atoms with Crippen LogP contribution in [0, 0.1) is 5.82 Å². The fourth-order valence-electron chi connectivity index (χ4n) is 3.43. The first kappa shape index (κ1) is 19.3. The second kappa shape index (κ2) is 7.45. The second-order valence-corrected chi connectivity index (χ2v) is 8.63. The summed E-state index contributed by atoms with van der Waals surface area (Å²) in [6, 6.07) is 8.88. The van der Waals surface area contributed by atoms with Gasteiger partial charge in [-0.05, 0) is 43.2 Å². The number of ether oxygens (including phenoxy) is 1. The fourth-order valence-corrected chi connectivity index (χ4v) is 5.11. The van der Waals surface area contributed by atoms with Crippen LogP contribution in [0.5, 0.6) is 5.75 Å². The van der Waals surface area contributed by atoms with Gasteiger partial charge < -0.3 is 15.4 Å². The van der Waals surface area contributed by atoms with E-state index in [9.17, 15) is 22.4 Å². The van der Waals surface area contributed by atoms with Crippen molar-refractivity contribution in [3.63, 3.8) is 0 Å².